The van der Waals surface area contributed by atoms with Crippen molar-refractivity contribution in [1.82, 2.24) is 28.8 Å². The number of sulfonamides is 1. The Morgan fingerprint density at radius 1 is 1.36 bits per heavy atom. The predicted molar refractivity (Wildman–Crippen MR) is 91.2 cm³/mol. The molecule has 2 aromatic rings. The molecule has 10 heteroatoms. The SMILES string of the molecule is CN(C)C[C@H](O)c1cc2n(n1)CCCN(S(=O)(=O)c1cnn(C)c1)C2. The maximum atomic E-state index is 12.8. The Bertz CT molecular complexity index is 841. The lowest BCUT2D eigenvalue weighted by molar-refractivity contribution is 0.133. The zero-order valence-corrected chi connectivity index (χ0v) is 15.5. The van der Waals surface area contributed by atoms with Gasteiger partial charge in [0.1, 0.15) is 11.0 Å². The first-order valence-corrected chi connectivity index (χ1v) is 9.59. The van der Waals surface area contributed by atoms with Crippen LogP contribution in [0.15, 0.2) is 23.4 Å². The van der Waals surface area contributed by atoms with E-state index in [4.69, 9.17) is 0 Å². The van der Waals surface area contributed by atoms with E-state index in [1.165, 1.54) is 21.4 Å². The Morgan fingerprint density at radius 3 is 2.76 bits per heavy atom. The molecule has 3 heterocycles. The molecule has 0 amide bonds. The van der Waals surface area contributed by atoms with E-state index in [-0.39, 0.29) is 11.4 Å². The molecule has 2 aromatic heterocycles. The van der Waals surface area contributed by atoms with Gasteiger partial charge >= 0.3 is 0 Å². The van der Waals surface area contributed by atoms with Crippen molar-refractivity contribution in [2.45, 2.75) is 30.5 Å². The third-order valence-corrected chi connectivity index (χ3v) is 5.99. The molecule has 0 aromatic carbocycles. The summed E-state index contributed by atoms with van der Waals surface area (Å²) in [5.41, 5.74) is 1.36. The Hall–Kier alpha value is -1.75. The number of aryl methyl sites for hydroxylation is 2. The number of likely N-dealkylation sites (N-methyl/N-ethyl adjacent to an activating group) is 1. The fourth-order valence-corrected chi connectivity index (χ4v) is 4.38. The Labute approximate surface area is 147 Å². The normalized spacial score (nSPS) is 17.5. The molecule has 0 saturated carbocycles. The highest BCUT2D eigenvalue weighted by atomic mass is 32.2. The van der Waals surface area contributed by atoms with Gasteiger partial charge in [0.25, 0.3) is 0 Å². The summed E-state index contributed by atoms with van der Waals surface area (Å²) in [5, 5.41) is 18.7. The lowest BCUT2D eigenvalue weighted by Gasteiger charge is -2.18. The molecule has 0 fully saturated rings. The average Bonchev–Trinajstić information content (AvgIpc) is 3.08. The molecular formula is C15H24N6O3S. The maximum absolute atomic E-state index is 12.8. The highest BCUT2D eigenvalue weighted by molar-refractivity contribution is 7.89. The van der Waals surface area contributed by atoms with E-state index < -0.39 is 16.1 Å². The molecule has 1 aliphatic heterocycles. The van der Waals surface area contributed by atoms with Gasteiger partial charge in [0, 0.05) is 32.9 Å². The first-order chi connectivity index (χ1) is 11.8. The van der Waals surface area contributed by atoms with Gasteiger partial charge in [-0.15, -0.1) is 0 Å². The van der Waals surface area contributed by atoms with E-state index in [0.29, 0.717) is 31.7 Å². The highest BCUT2D eigenvalue weighted by Crippen LogP contribution is 2.23. The molecule has 138 valence electrons. The van der Waals surface area contributed by atoms with Crippen LogP contribution in [-0.2, 0) is 30.2 Å². The Kier molecular flexibility index (Phi) is 4.96. The van der Waals surface area contributed by atoms with Crippen LogP contribution in [0.1, 0.15) is 23.9 Å². The fraction of sp³-hybridized carbons (Fsp3) is 0.600. The van der Waals surface area contributed by atoms with Gasteiger partial charge < -0.3 is 10.0 Å². The van der Waals surface area contributed by atoms with Gasteiger partial charge in [0.2, 0.25) is 10.0 Å². The van der Waals surface area contributed by atoms with Gasteiger partial charge in [-0.25, -0.2) is 8.42 Å². The summed E-state index contributed by atoms with van der Waals surface area (Å²) in [5.74, 6) is 0. The predicted octanol–water partition coefficient (Wildman–Crippen LogP) is -0.194. The Balaban J connectivity index is 1.85. The number of fused-ring (bicyclic) bond motifs is 1. The topological polar surface area (TPSA) is 96.5 Å². The minimum Gasteiger partial charge on any atom is -0.385 e. The monoisotopic (exact) mass is 368 g/mol. The van der Waals surface area contributed by atoms with Gasteiger partial charge in [-0.1, -0.05) is 0 Å². The van der Waals surface area contributed by atoms with Crippen LogP contribution in [0, 0.1) is 0 Å². The second-order valence-corrected chi connectivity index (χ2v) is 8.54. The highest BCUT2D eigenvalue weighted by Gasteiger charge is 2.29. The lowest BCUT2D eigenvalue weighted by atomic mass is 10.2. The molecule has 3 rings (SSSR count). The van der Waals surface area contributed by atoms with E-state index in [1.54, 1.807) is 17.8 Å². The standard InChI is InChI=1S/C15H24N6O3S/c1-18(2)11-15(22)14-7-12-9-20(5-4-6-21(12)17-14)25(23,24)13-8-16-19(3)10-13/h7-8,10,15,22H,4-6,9,11H2,1-3H3/t15-/m0/s1. The number of aromatic nitrogens is 4. The van der Waals surface area contributed by atoms with Crippen molar-refractivity contribution in [2.24, 2.45) is 7.05 Å². The number of hydrogen-bond donors (Lipinski definition) is 1. The van der Waals surface area contributed by atoms with Gasteiger partial charge in [0.05, 0.1) is 24.1 Å². The molecule has 0 radical (unpaired) electrons. The number of aliphatic hydroxyl groups excluding tert-OH is 1. The van der Waals surface area contributed by atoms with Crippen LogP contribution < -0.4 is 0 Å². The van der Waals surface area contributed by atoms with Crippen LogP contribution in [0.2, 0.25) is 0 Å². The van der Waals surface area contributed by atoms with Crippen molar-refractivity contribution in [1.29, 1.82) is 0 Å². The van der Waals surface area contributed by atoms with Crippen LogP contribution in [-0.4, -0.2) is 69.5 Å². The van der Waals surface area contributed by atoms with Crippen molar-refractivity contribution >= 4 is 10.0 Å². The molecule has 0 aliphatic carbocycles. The van der Waals surface area contributed by atoms with E-state index in [0.717, 1.165) is 5.69 Å². The van der Waals surface area contributed by atoms with Crippen LogP contribution >= 0.6 is 0 Å². The third kappa shape index (κ3) is 3.76. The average molecular weight is 368 g/mol. The molecule has 1 atom stereocenters. The molecule has 25 heavy (non-hydrogen) atoms. The van der Waals surface area contributed by atoms with E-state index in [2.05, 4.69) is 10.2 Å². The summed E-state index contributed by atoms with van der Waals surface area (Å²) in [7, 11) is 1.85. The number of hydrogen-bond acceptors (Lipinski definition) is 6. The van der Waals surface area contributed by atoms with Crippen molar-refractivity contribution in [3.05, 3.63) is 29.8 Å². The van der Waals surface area contributed by atoms with Crippen LogP contribution in [0.25, 0.3) is 0 Å². The molecule has 0 bridgehead atoms. The third-order valence-electron chi connectivity index (χ3n) is 4.20. The summed E-state index contributed by atoms with van der Waals surface area (Å²) in [4.78, 5) is 2.07. The first-order valence-electron chi connectivity index (χ1n) is 8.15. The zero-order chi connectivity index (χ0) is 18.2. The van der Waals surface area contributed by atoms with Gasteiger partial charge in [-0.05, 0) is 26.6 Å². The van der Waals surface area contributed by atoms with Crippen LogP contribution in [0.4, 0.5) is 0 Å². The van der Waals surface area contributed by atoms with Gasteiger partial charge in [0.15, 0.2) is 0 Å². The summed E-state index contributed by atoms with van der Waals surface area (Å²) in [6, 6.07) is 1.80. The minimum atomic E-state index is -3.60. The van der Waals surface area contributed by atoms with Gasteiger partial charge in [-0.2, -0.15) is 14.5 Å². The molecular weight excluding hydrogens is 344 g/mol. The second kappa shape index (κ2) is 6.87. The van der Waals surface area contributed by atoms with Crippen molar-refractivity contribution in [3.63, 3.8) is 0 Å². The van der Waals surface area contributed by atoms with Crippen LogP contribution in [0.5, 0.6) is 0 Å². The summed E-state index contributed by atoms with van der Waals surface area (Å²) >= 11 is 0. The largest absolute Gasteiger partial charge is 0.385 e. The second-order valence-electron chi connectivity index (χ2n) is 6.60. The molecule has 0 spiro atoms. The number of nitrogens with zero attached hydrogens (tertiary/aromatic N) is 6. The fourth-order valence-electron chi connectivity index (χ4n) is 2.94. The molecule has 0 unspecified atom stereocenters. The van der Waals surface area contributed by atoms with Crippen molar-refractivity contribution < 1.29 is 13.5 Å². The summed E-state index contributed by atoms with van der Waals surface area (Å²) < 4.78 is 30.4. The first kappa shape index (κ1) is 18.1. The minimum absolute atomic E-state index is 0.191. The number of aliphatic hydroxyl groups is 1. The van der Waals surface area contributed by atoms with E-state index in [1.807, 2.05) is 19.0 Å². The summed E-state index contributed by atoms with van der Waals surface area (Å²) in [6.45, 7) is 1.76. The lowest BCUT2D eigenvalue weighted by Crippen LogP contribution is -2.30. The molecule has 1 N–H and O–H groups in total. The van der Waals surface area contributed by atoms with Crippen molar-refractivity contribution in [3.8, 4) is 0 Å². The van der Waals surface area contributed by atoms with Crippen LogP contribution in [0.3, 0.4) is 0 Å². The van der Waals surface area contributed by atoms with Gasteiger partial charge in [-0.3, -0.25) is 9.36 Å². The molecule has 0 saturated heterocycles. The van der Waals surface area contributed by atoms with E-state index >= 15 is 0 Å². The van der Waals surface area contributed by atoms with Crippen molar-refractivity contribution in [2.75, 3.05) is 27.2 Å². The zero-order valence-electron chi connectivity index (χ0n) is 14.7. The quantitative estimate of drug-likeness (QED) is 0.786. The maximum Gasteiger partial charge on any atom is 0.246 e. The summed E-state index contributed by atoms with van der Waals surface area (Å²) in [6.07, 6.45) is 2.84. The smallest absolute Gasteiger partial charge is 0.246 e. The Morgan fingerprint density at radius 2 is 2.12 bits per heavy atom. The molecule has 9 nitrogen and oxygen atoms in total. The molecule has 1 aliphatic rings. The number of rotatable bonds is 5. The van der Waals surface area contributed by atoms with E-state index in [9.17, 15) is 13.5 Å².